The van der Waals surface area contributed by atoms with Gasteiger partial charge in [0, 0.05) is 31.4 Å². The van der Waals surface area contributed by atoms with E-state index in [-0.39, 0.29) is 18.5 Å². The summed E-state index contributed by atoms with van der Waals surface area (Å²) in [5, 5.41) is 3.88. The molecule has 1 amide bonds. The summed E-state index contributed by atoms with van der Waals surface area (Å²) in [6, 6.07) is 6.27. The third kappa shape index (κ3) is 5.16. The minimum absolute atomic E-state index is 0.00553. The smallest absolute Gasteiger partial charge is 0.419 e. The summed E-state index contributed by atoms with van der Waals surface area (Å²) in [5.74, 6) is 0.410. The number of nitrogens with zero attached hydrogens (tertiary/aromatic N) is 5. The van der Waals surface area contributed by atoms with Crippen LogP contribution >= 0.6 is 0 Å². The van der Waals surface area contributed by atoms with Crippen molar-refractivity contribution in [3.8, 4) is 17.4 Å². The Morgan fingerprint density at radius 1 is 1.23 bits per heavy atom. The van der Waals surface area contributed by atoms with Crippen LogP contribution in [0.2, 0.25) is 0 Å². The van der Waals surface area contributed by atoms with Crippen molar-refractivity contribution < 1.29 is 27.2 Å². The van der Waals surface area contributed by atoms with Gasteiger partial charge in [-0.15, -0.1) is 0 Å². The van der Waals surface area contributed by atoms with Crippen molar-refractivity contribution in [2.45, 2.75) is 33.0 Å². The Hall–Kier alpha value is -3.50. The molecule has 0 spiro atoms. The molecule has 0 bridgehead atoms. The van der Waals surface area contributed by atoms with Crippen molar-refractivity contribution in [1.29, 1.82) is 0 Å². The summed E-state index contributed by atoms with van der Waals surface area (Å²) in [4.78, 5) is 26.1. The molecule has 3 aromatic rings. The normalized spacial score (nSPS) is 12.5. The number of carbonyl (C=O) groups excluding carboxylic acids is 1. The van der Waals surface area contributed by atoms with Gasteiger partial charge in [0.2, 0.25) is 11.7 Å². The van der Waals surface area contributed by atoms with Gasteiger partial charge in [0.1, 0.15) is 6.61 Å². The average molecular weight is 435 g/mol. The molecule has 0 N–H and O–H groups in total. The van der Waals surface area contributed by atoms with Crippen LogP contribution < -0.4 is 4.74 Å². The molecule has 1 aromatic carbocycles. The van der Waals surface area contributed by atoms with E-state index in [2.05, 4.69) is 20.1 Å². The van der Waals surface area contributed by atoms with Gasteiger partial charge in [0.15, 0.2) is 0 Å². The van der Waals surface area contributed by atoms with Gasteiger partial charge in [0.25, 0.3) is 5.91 Å². The van der Waals surface area contributed by atoms with Crippen LogP contribution in [-0.2, 0) is 6.18 Å². The second kappa shape index (κ2) is 9.11. The summed E-state index contributed by atoms with van der Waals surface area (Å²) >= 11 is 0. The second-order valence-corrected chi connectivity index (χ2v) is 6.69. The molecule has 31 heavy (non-hydrogen) atoms. The highest BCUT2D eigenvalue weighted by Gasteiger charge is 2.31. The number of rotatable bonds is 7. The van der Waals surface area contributed by atoms with Crippen molar-refractivity contribution in [1.82, 2.24) is 25.0 Å². The number of amides is 1. The highest BCUT2D eigenvalue weighted by molar-refractivity contribution is 6.00. The number of benzene rings is 1. The van der Waals surface area contributed by atoms with E-state index in [1.165, 1.54) is 0 Å². The maximum Gasteiger partial charge on any atom is 0.419 e. The van der Waals surface area contributed by atoms with E-state index in [1.807, 2.05) is 6.92 Å². The Kier molecular flexibility index (Phi) is 6.52. The number of aromatic nitrogens is 4. The van der Waals surface area contributed by atoms with Crippen molar-refractivity contribution in [2.75, 3.05) is 13.2 Å². The largest absolute Gasteiger partial charge is 0.461 e. The summed E-state index contributed by atoms with van der Waals surface area (Å²) in [5.41, 5.74) is -0.0451. The third-order valence-corrected chi connectivity index (χ3v) is 4.47. The van der Waals surface area contributed by atoms with E-state index in [0.717, 1.165) is 0 Å². The van der Waals surface area contributed by atoms with Gasteiger partial charge < -0.3 is 14.2 Å². The Morgan fingerprint density at radius 2 is 1.90 bits per heavy atom. The molecule has 2 aromatic heterocycles. The lowest BCUT2D eigenvalue weighted by molar-refractivity contribution is -0.138. The molecule has 0 fully saturated rings. The van der Waals surface area contributed by atoms with Crippen LogP contribution in [0.5, 0.6) is 6.01 Å². The number of hydrogen-bond acceptors (Lipinski definition) is 7. The zero-order valence-corrected chi connectivity index (χ0v) is 17.1. The van der Waals surface area contributed by atoms with Crippen molar-refractivity contribution >= 4 is 5.91 Å². The SMILES string of the molecule is CCN(C(=O)c1ccccc1-c1noc(C)n1)C(C)COc1ncc(C(F)(F)F)cn1. The molecule has 0 saturated carbocycles. The van der Waals surface area contributed by atoms with Gasteiger partial charge in [-0.1, -0.05) is 23.4 Å². The molecule has 0 aliphatic heterocycles. The van der Waals surface area contributed by atoms with Crippen LogP contribution in [0.4, 0.5) is 13.2 Å². The topological polar surface area (TPSA) is 94.2 Å². The first-order chi connectivity index (χ1) is 14.7. The lowest BCUT2D eigenvalue weighted by Crippen LogP contribution is -2.42. The number of hydrogen-bond donors (Lipinski definition) is 0. The van der Waals surface area contributed by atoms with Gasteiger partial charge in [-0.3, -0.25) is 4.79 Å². The van der Waals surface area contributed by atoms with Crippen LogP contribution in [0.1, 0.15) is 35.7 Å². The van der Waals surface area contributed by atoms with E-state index in [4.69, 9.17) is 9.26 Å². The lowest BCUT2D eigenvalue weighted by atomic mass is 10.0. The number of alkyl halides is 3. The van der Waals surface area contributed by atoms with Crippen molar-refractivity contribution in [3.63, 3.8) is 0 Å². The van der Waals surface area contributed by atoms with Gasteiger partial charge in [-0.05, 0) is 19.9 Å². The van der Waals surface area contributed by atoms with E-state index < -0.39 is 17.8 Å². The molecule has 2 heterocycles. The first-order valence-corrected chi connectivity index (χ1v) is 9.43. The van der Waals surface area contributed by atoms with E-state index in [9.17, 15) is 18.0 Å². The minimum Gasteiger partial charge on any atom is -0.461 e. The second-order valence-electron chi connectivity index (χ2n) is 6.69. The summed E-state index contributed by atoms with van der Waals surface area (Å²) < 4.78 is 48.3. The highest BCUT2D eigenvalue weighted by atomic mass is 19.4. The number of carbonyl (C=O) groups is 1. The fraction of sp³-hybridized carbons (Fsp3) is 0.350. The average Bonchev–Trinajstić information content (AvgIpc) is 3.18. The Bertz CT molecular complexity index is 1040. The van der Waals surface area contributed by atoms with Gasteiger partial charge in [-0.25, -0.2) is 9.97 Å². The summed E-state index contributed by atoms with van der Waals surface area (Å²) in [6.45, 7) is 5.59. The standard InChI is InChI=1S/C20H20F3N5O3/c1-4-28(12(2)11-30-19-24-9-14(10-25-19)20(21,22)23)18(29)16-8-6-5-7-15(16)17-26-13(3)31-27-17/h5-10,12H,4,11H2,1-3H3. The fourth-order valence-corrected chi connectivity index (χ4v) is 2.91. The minimum atomic E-state index is -4.53. The predicted octanol–water partition coefficient (Wildman–Crippen LogP) is 3.78. The predicted molar refractivity (Wildman–Crippen MR) is 103 cm³/mol. The molecular weight excluding hydrogens is 415 g/mol. The molecule has 8 nitrogen and oxygen atoms in total. The van der Waals surface area contributed by atoms with Gasteiger partial charge >= 0.3 is 12.2 Å². The molecule has 164 valence electrons. The van der Waals surface area contributed by atoms with E-state index in [0.29, 0.717) is 41.8 Å². The lowest BCUT2D eigenvalue weighted by Gasteiger charge is -2.28. The van der Waals surface area contributed by atoms with E-state index >= 15 is 0 Å². The molecule has 1 atom stereocenters. The van der Waals surface area contributed by atoms with Gasteiger partial charge in [-0.2, -0.15) is 18.2 Å². The van der Waals surface area contributed by atoms with Crippen LogP contribution in [-0.4, -0.2) is 50.1 Å². The van der Waals surface area contributed by atoms with Gasteiger partial charge in [0.05, 0.1) is 17.2 Å². The number of likely N-dealkylation sites (N-methyl/N-ethyl adjacent to an activating group) is 1. The first kappa shape index (κ1) is 22.2. The third-order valence-electron chi connectivity index (χ3n) is 4.47. The Morgan fingerprint density at radius 3 is 2.48 bits per heavy atom. The van der Waals surface area contributed by atoms with Crippen LogP contribution in [0.25, 0.3) is 11.4 Å². The molecule has 0 aliphatic rings. The number of aryl methyl sites for hydroxylation is 1. The van der Waals surface area contributed by atoms with Crippen molar-refractivity contribution in [3.05, 3.63) is 53.7 Å². The number of halogens is 3. The van der Waals surface area contributed by atoms with E-state index in [1.54, 1.807) is 43.0 Å². The van der Waals surface area contributed by atoms with Crippen molar-refractivity contribution in [2.24, 2.45) is 0 Å². The summed E-state index contributed by atoms with van der Waals surface area (Å²) in [7, 11) is 0. The molecule has 0 aliphatic carbocycles. The monoisotopic (exact) mass is 435 g/mol. The van der Waals surface area contributed by atoms with Crippen LogP contribution in [0, 0.1) is 6.92 Å². The first-order valence-electron chi connectivity index (χ1n) is 9.43. The maximum atomic E-state index is 13.2. The highest BCUT2D eigenvalue weighted by Crippen LogP contribution is 2.28. The zero-order chi connectivity index (χ0) is 22.6. The molecule has 0 radical (unpaired) electrons. The Labute approximate surface area is 176 Å². The van der Waals surface area contributed by atoms with Crippen LogP contribution in [0.3, 0.4) is 0 Å². The van der Waals surface area contributed by atoms with Crippen LogP contribution in [0.15, 0.2) is 41.2 Å². The molecule has 1 unspecified atom stereocenters. The summed E-state index contributed by atoms with van der Waals surface area (Å²) in [6.07, 6.45) is -3.22. The molecule has 11 heteroatoms. The zero-order valence-electron chi connectivity index (χ0n) is 17.1. The molecule has 3 rings (SSSR count). The fourth-order valence-electron chi connectivity index (χ4n) is 2.91. The Balaban J connectivity index is 1.72. The molecule has 0 saturated heterocycles. The molecular formula is C20H20F3N5O3. The quantitative estimate of drug-likeness (QED) is 0.557. The number of ether oxygens (including phenoxy) is 1. The maximum absolute atomic E-state index is 13.2.